The normalized spacial score (nSPS) is 20.6. The Hall–Kier alpha value is -2.69. The number of nitrogens with one attached hydrogen (secondary N) is 1. The molecule has 1 N–H and O–H groups in total. The van der Waals surface area contributed by atoms with Crippen LogP contribution in [-0.2, 0) is 11.2 Å². The Morgan fingerprint density at radius 1 is 1.12 bits per heavy atom. The second-order valence-corrected chi connectivity index (χ2v) is 10.9. The fourth-order valence-corrected chi connectivity index (χ4v) is 5.83. The molecule has 6 rings (SSSR count). The van der Waals surface area contributed by atoms with Gasteiger partial charge in [-0.25, -0.2) is 19.9 Å². The second-order valence-electron chi connectivity index (χ2n) is 9.90. The second kappa shape index (κ2) is 9.16. The quantitative estimate of drug-likeness (QED) is 0.545. The van der Waals surface area contributed by atoms with Gasteiger partial charge in [-0.05, 0) is 56.7 Å². The lowest BCUT2D eigenvalue weighted by atomic mass is 9.72. The molecule has 0 bridgehead atoms. The standard InChI is InChI=1S/C24H29N7O2S/c1-31-12-17(13-31)8-16-9-26-21(27-10-16)30-23-28-11-20(34-23)19-4-7-25-22(29-19)33-18-2-5-24(6-3-18)14-32-15-24/h4,7,9-11,17-18H,2-3,5-6,8,12-15H2,1H3,(H,26,27,28,30). The minimum atomic E-state index is 0.172. The van der Waals surface area contributed by atoms with Crippen LogP contribution in [0.5, 0.6) is 6.01 Å². The molecule has 3 fully saturated rings. The first-order chi connectivity index (χ1) is 16.6. The number of ether oxygens (including phenoxy) is 2. The van der Waals surface area contributed by atoms with Crippen LogP contribution in [-0.4, -0.2) is 69.3 Å². The molecular formula is C24H29N7O2S. The van der Waals surface area contributed by atoms with Gasteiger partial charge in [-0.15, -0.1) is 0 Å². The average Bonchev–Trinajstić information content (AvgIpc) is 3.28. The van der Waals surface area contributed by atoms with Crippen LogP contribution in [0.2, 0.25) is 0 Å². The molecule has 2 saturated heterocycles. The van der Waals surface area contributed by atoms with Crippen LogP contribution in [0.3, 0.4) is 0 Å². The molecule has 3 aromatic rings. The zero-order valence-electron chi connectivity index (χ0n) is 19.3. The molecule has 0 radical (unpaired) electrons. The summed E-state index contributed by atoms with van der Waals surface area (Å²) in [5.41, 5.74) is 2.38. The van der Waals surface area contributed by atoms with Crippen molar-refractivity contribution >= 4 is 22.4 Å². The molecule has 178 valence electrons. The van der Waals surface area contributed by atoms with Gasteiger partial charge in [-0.1, -0.05) is 11.3 Å². The smallest absolute Gasteiger partial charge is 0.317 e. The van der Waals surface area contributed by atoms with Crippen molar-refractivity contribution in [2.45, 2.75) is 38.2 Å². The molecular weight excluding hydrogens is 450 g/mol. The lowest BCUT2D eigenvalue weighted by molar-refractivity contribution is -0.140. The predicted molar refractivity (Wildman–Crippen MR) is 129 cm³/mol. The van der Waals surface area contributed by atoms with Crippen LogP contribution in [0.15, 0.2) is 30.9 Å². The molecule has 1 saturated carbocycles. The molecule has 34 heavy (non-hydrogen) atoms. The summed E-state index contributed by atoms with van der Waals surface area (Å²) in [5.74, 6) is 1.26. The molecule has 3 aliphatic rings. The summed E-state index contributed by atoms with van der Waals surface area (Å²) in [5, 5.41) is 3.93. The molecule has 0 aromatic carbocycles. The van der Waals surface area contributed by atoms with Crippen molar-refractivity contribution in [3.8, 4) is 16.6 Å². The van der Waals surface area contributed by atoms with Gasteiger partial charge >= 0.3 is 6.01 Å². The van der Waals surface area contributed by atoms with E-state index in [2.05, 4.69) is 42.2 Å². The van der Waals surface area contributed by atoms with Gasteiger partial charge in [0, 0.05) is 43.3 Å². The van der Waals surface area contributed by atoms with Gasteiger partial charge in [-0.2, -0.15) is 4.98 Å². The zero-order valence-corrected chi connectivity index (χ0v) is 20.1. The van der Waals surface area contributed by atoms with Gasteiger partial charge in [0.05, 0.1) is 23.8 Å². The fraction of sp³-hybridized carbons (Fsp3) is 0.542. The van der Waals surface area contributed by atoms with Crippen molar-refractivity contribution in [3.05, 3.63) is 36.4 Å². The van der Waals surface area contributed by atoms with Crippen LogP contribution < -0.4 is 10.1 Å². The summed E-state index contributed by atoms with van der Waals surface area (Å²) in [6.45, 7) is 4.10. The minimum Gasteiger partial charge on any atom is -0.460 e. The molecule has 0 atom stereocenters. The topological polar surface area (TPSA) is 98.2 Å². The highest BCUT2D eigenvalue weighted by Crippen LogP contribution is 2.43. The van der Waals surface area contributed by atoms with Crippen molar-refractivity contribution in [3.63, 3.8) is 0 Å². The van der Waals surface area contributed by atoms with E-state index in [0.29, 0.717) is 23.3 Å². The van der Waals surface area contributed by atoms with E-state index in [4.69, 9.17) is 9.47 Å². The highest BCUT2D eigenvalue weighted by atomic mass is 32.1. The third-order valence-corrected chi connectivity index (χ3v) is 8.00. The van der Waals surface area contributed by atoms with E-state index in [9.17, 15) is 0 Å². The summed E-state index contributed by atoms with van der Waals surface area (Å²) in [4.78, 5) is 25.6. The molecule has 9 nitrogen and oxygen atoms in total. The summed E-state index contributed by atoms with van der Waals surface area (Å²) >= 11 is 1.51. The highest BCUT2D eigenvalue weighted by Gasteiger charge is 2.42. The van der Waals surface area contributed by atoms with Crippen molar-refractivity contribution in [2.24, 2.45) is 11.3 Å². The number of anilines is 2. The van der Waals surface area contributed by atoms with Gasteiger partial charge in [-0.3, -0.25) is 0 Å². The van der Waals surface area contributed by atoms with E-state index in [1.807, 2.05) is 24.7 Å². The van der Waals surface area contributed by atoms with Crippen molar-refractivity contribution < 1.29 is 9.47 Å². The number of rotatable bonds is 7. The largest absolute Gasteiger partial charge is 0.460 e. The van der Waals surface area contributed by atoms with Crippen LogP contribution in [0.1, 0.15) is 31.2 Å². The van der Waals surface area contributed by atoms with E-state index >= 15 is 0 Å². The molecule has 10 heteroatoms. The van der Waals surface area contributed by atoms with E-state index < -0.39 is 0 Å². The number of nitrogens with zero attached hydrogens (tertiary/aromatic N) is 6. The maximum absolute atomic E-state index is 6.12. The third kappa shape index (κ3) is 4.75. The molecule has 5 heterocycles. The van der Waals surface area contributed by atoms with Gasteiger partial charge in [0.25, 0.3) is 0 Å². The number of likely N-dealkylation sites (tertiary alicyclic amines) is 1. The molecule has 2 aliphatic heterocycles. The van der Waals surface area contributed by atoms with E-state index in [1.165, 1.54) is 16.9 Å². The average molecular weight is 480 g/mol. The summed E-state index contributed by atoms with van der Waals surface area (Å²) < 4.78 is 11.5. The predicted octanol–water partition coefficient (Wildman–Crippen LogP) is 3.58. The molecule has 3 aromatic heterocycles. The van der Waals surface area contributed by atoms with E-state index in [0.717, 1.165) is 74.1 Å². The number of hydrogen-bond donors (Lipinski definition) is 1. The van der Waals surface area contributed by atoms with E-state index in [1.54, 1.807) is 6.20 Å². The lowest BCUT2D eigenvalue weighted by Gasteiger charge is -2.45. The molecule has 0 amide bonds. The molecule has 1 aliphatic carbocycles. The lowest BCUT2D eigenvalue weighted by Crippen LogP contribution is -2.46. The van der Waals surface area contributed by atoms with Crippen molar-refractivity contribution in [1.29, 1.82) is 0 Å². The van der Waals surface area contributed by atoms with Gasteiger partial charge in [0.1, 0.15) is 6.10 Å². The number of aromatic nitrogens is 5. The zero-order chi connectivity index (χ0) is 23.0. The Balaban J connectivity index is 1.05. The van der Waals surface area contributed by atoms with Gasteiger partial charge in [0.2, 0.25) is 5.95 Å². The van der Waals surface area contributed by atoms with Gasteiger partial charge < -0.3 is 19.7 Å². The Bertz CT molecular complexity index is 1120. The van der Waals surface area contributed by atoms with Crippen LogP contribution in [0.25, 0.3) is 10.6 Å². The molecule has 1 spiro atoms. The van der Waals surface area contributed by atoms with E-state index in [-0.39, 0.29) is 6.10 Å². The number of thiazole rings is 1. The highest BCUT2D eigenvalue weighted by molar-refractivity contribution is 7.18. The first kappa shape index (κ1) is 21.8. The Morgan fingerprint density at radius 2 is 1.91 bits per heavy atom. The van der Waals surface area contributed by atoms with Crippen LogP contribution in [0.4, 0.5) is 11.1 Å². The van der Waals surface area contributed by atoms with Crippen LogP contribution >= 0.6 is 11.3 Å². The monoisotopic (exact) mass is 479 g/mol. The molecule has 0 unspecified atom stereocenters. The van der Waals surface area contributed by atoms with Crippen molar-refractivity contribution in [1.82, 2.24) is 29.8 Å². The van der Waals surface area contributed by atoms with Crippen LogP contribution in [0, 0.1) is 11.3 Å². The third-order valence-electron chi connectivity index (χ3n) is 7.06. The van der Waals surface area contributed by atoms with Gasteiger partial charge in [0.15, 0.2) is 5.13 Å². The Labute approximate surface area is 203 Å². The summed E-state index contributed by atoms with van der Waals surface area (Å²) in [6, 6.07) is 2.32. The minimum absolute atomic E-state index is 0.172. The van der Waals surface area contributed by atoms with Crippen molar-refractivity contribution in [2.75, 3.05) is 38.7 Å². The maximum atomic E-state index is 6.12. The Kier molecular flexibility index (Phi) is 5.88. The summed E-state index contributed by atoms with van der Waals surface area (Å²) in [7, 11) is 2.15. The number of hydrogen-bond acceptors (Lipinski definition) is 10. The first-order valence-corrected chi connectivity index (χ1v) is 12.7. The Morgan fingerprint density at radius 3 is 2.62 bits per heavy atom. The first-order valence-electron chi connectivity index (χ1n) is 11.9. The SMILES string of the molecule is CN1CC(Cc2cnc(Nc3ncc(-c4ccnc(OC5CCC6(CC5)COC6)n4)s3)nc2)C1. The summed E-state index contributed by atoms with van der Waals surface area (Å²) in [6.07, 6.45) is 12.9. The fourth-order valence-electron chi connectivity index (χ4n) is 5.05. The maximum Gasteiger partial charge on any atom is 0.317 e.